The summed E-state index contributed by atoms with van der Waals surface area (Å²) in [6.07, 6.45) is 0.167. The molecule has 1 N–H and O–H groups in total. The molecule has 1 fully saturated rings. The number of hydrogen-bond acceptors (Lipinski definition) is 6. The fourth-order valence-corrected chi connectivity index (χ4v) is 4.56. The van der Waals surface area contributed by atoms with Crippen molar-refractivity contribution in [1.82, 2.24) is 20.1 Å². The van der Waals surface area contributed by atoms with Crippen LogP contribution in [0.5, 0.6) is 0 Å². The van der Waals surface area contributed by atoms with Crippen LogP contribution in [0, 0.1) is 0 Å². The number of H-pyrrole nitrogens is 1. The highest BCUT2D eigenvalue weighted by Gasteiger charge is 2.22. The Kier molecular flexibility index (Phi) is 5.91. The average Bonchev–Trinajstić information content (AvgIpc) is 3.34. The fraction of sp³-hybridized carbons (Fsp3) is 0.333. The van der Waals surface area contributed by atoms with Crippen LogP contribution >= 0.6 is 34.7 Å². The van der Waals surface area contributed by atoms with Gasteiger partial charge in [0.25, 0.3) is 0 Å². The Balaban J connectivity index is 1.30. The molecule has 2 aromatic heterocycles. The van der Waals surface area contributed by atoms with Gasteiger partial charge in [0.15, 0.2) is 5.82 Å². The van der Waals surface area contributed by atoms with Gasteiger partial charge < -0.3 is 4.74 Å². The molecule has 0 bridgehead atoms. The first-order valence-electron chi connectivity index (χ1n) is 8.44. The molecule has 26 heavy (non-hydrogen) atoms. The van der Waals surface area contributed by atoms with Crippen LogP contribution in [-0.2, 0) is 11.3 Å². The lowest BCUT2D eigenvalue weighted by molar-refractivity contribution is -0.0187. The van der Waals surface area contributed by atoms with Crippen LogP contribution in [0.25, 0.3) is 10.7 Å². The van der Waals surface area contributed by atoms with Crippen LogP contribution in [0.1, 0.15) is 5.56 Å². The van der Waals surface area contributed by atoms with E-state index in [0.29, 0.717) is 0 Å². The van der Waals surface area contributed by atoms with Gasteiger partial charge in [-0.25, -0.2) is 4.98 Å². The van der Waals surface area contributed by atoms with E-state index in [1.165, 1.54) is 0 Å². The van der Waals surface area contributed by atoms with Gasteiger partial charge in [-0.1, -0.05) is 47.6 Å². The van der Waals surface area contributed by atoms with E-state index in [4.69, 9.17) is 16.3 Å². The van der Waals surface area contributed by atoms with Crippen LogP contribution in [0.15, 0.2) is 46.9 Å². The maximum absolute atomic E-state index is 6.28. The summed E-state index contributed by atoms with van der Waals surface area (Å²) in [7, 11) is 0. The van der Waals surface area contributed by atoms with Gasteiger partial charge in [0.05, 0.1) is 17.6 Å². The molecule has 136 valence electrons. The maximum Gasteiger partial charge on any atom is 0.208 e. The summed E-state index contributed by atoms with van der Waals surface area (Å²) in [5.74, 6) is 1.66. The average molecular weight is 407 g/mol. The summed E-state index contributed by atoms with van der Waals surface area (Å²) >= 11 is 9.57. The van der Waals surface area contributed by atoms with Gasteiger partial charge in [-0.15, -0.1) is 16.4 Å². The Morgan fingerprint density at radius 1 is 1.31 bits per heavy atom. The molecular formula is C18H19ClN4OS2. The van der Waals surface area contributed by atoms with Crippen molar-refractivity contribution in [3.05, 3.63) is 52.4 Å². The Morgan fingerprint density at radius 3 is 3.08 bits per heavy atom. The number of thiophene rings is 1. The standard InChI is InChI=1S/C18H19ClN4OS2/c19-15-5-2-1-4-13(15)10-23-7-8-24-14(11-23)12-26-18-20-17(21-22-18)16-6-3-9-25-16/h1-6,9,14H,7-8,10-12H2,(H,20,21,22)/t14-/m1/s1. The normalized spacial score (nSPS) is 18.3. The molecular weight excluding hydrogens is 388 g/mol. The van der Waals surface area contributed by atoms with Gasteiger partial charge in [-0.2, -0.15) is 0 Å². The predicted octanol–water partition coefficient (Wildman–Crippen LogP) is 4.18. The molecule has 8 heteroatoms. The largest absolute Gasteiger partial charge is 0.375 e. The molecule has 0 amide bonds. The van der Waals surface area contributed by atoms with E-state index in [-0.39, 0.29) is 6.10 Å². The minimum atomic E-state index is 0.167. The van der Waals surface area contributed by atoms with Gasteiger partial charge in [0.1, 0.15) is 0 Å². The molecule has 5 nitrogen and oxygen atoms in total. The van der Waals surface area contributed by atoms with Gasteiger partial charge >= 0.3 is 0 Å². The molecule has 1 saturated heterocycles. The number of morpholine rings is 1. The van der Waals surface area contributed by atoms with Gasteiger partial charge in [0.2, 0.25) is 5.16 Å². The molecule has 3 heterocycles. The van der Waals surface area contributed by atoms with E-state index in [2.05, 4.69) is 26.1 Å². The van der Waals surface area contributed by atoms with Crippen LogP contribution in [0.3, 0.4) is 0 Å². The van der Waals surface area contributed by atoms with E-state index >= 15 is 0 Å². The van der Waals surface area contributed by atoms with Crippen molar-refractivity contribution in [1.29, 1.82) is 0 Å². The predicted molar refractivity (Wildman–Crippen MR) is 107 cm³/mol. The van der Waals surface area contributed by atoms with Gasteiger partial charge in [0, 0.05) is 30.4 Å². The number of halogens is 1. The van der Waals surface area contributed by atoms with Crippen LogP contribution in [-0.4, -0.2) is 51.6 Å². The second-order valence-corrected chi connectivity index (χ2v) is 8.42. The molecule has 3 aromatic rings. The molecule has 4 rings (SSSR count). The van der Waals surface area contributed by atoms with Crippen molar-refractivity contribution in [3.63, 3.8) is 0 Å². The third-order valence-electron chi connectivity index (χ3n) is 4.19. The van der Waals surface area contributed by atoms with E-state index in [1.807, 2.05) is 35.7 Å². The first-order valence-corrected chi connectivity index (χ1v) is 10.7. The number of aromatic nitrogens is 3. The second kappa shape index (κ2) is 8.54. The van der Waals surface area contributed by atoms with Crippen LogP contribution in [0.2, 0.25) is 5.02 Å². The van der Waals surface area contributed by atoms with Crippen molar-refractivity contribution in [2.45, 2.75) is 17.8 Å². The molecule has 0 spiro atoms. The van der Waals surface area contributed by atoms with E-state index in [1.54, 1.807) is 23.1 Å². The lowest BCUT2D eigenvalue weighted by atomic mass is 10.2. The lowest BCUT2D eigenvalue weighted by Crippen LogP contribution is -2.43. The van der Waals surface area contributed by atoms with Crippen LogP contribution in [0.4, 0.5) is 0 Å². The summed E-state index contributed by atoms with van der Waals surface area (Å²) in [5, 5.41) is 10.9. The maximum atomic E-state index is 6.28. The molecule has 0 aliphatic carbocycles. The number of ether oxygens (including phenoxy) is 1. The number of hydrogen-bond donors (Lipinski definition) is 1. The Morgan fingerprint density at radius 2 is 2.23 bits per heavy atom. The zero-order valence-electron chi connectivity index (χ0n) is 14.1. The first-order chi connectivity index (χ1) is 12.8. The number of thioether (sulfide) groups is 1. The number of aromatic amines is 1. The SMILES string of the molecule is Clc1ccccc1CN1CCO[C@@H](CSc2n[nH]c(-c3cccs3)n2)C1. The summed E-state index contributed by atoms with van der Waals surface area (Å²) in [6, 6.07) is 12.1. The summed E-state index contributed by atoms with van der Waals surface area (Å²) < 4.78 is 5.92. The highest BCUT2D eigenvalue weighted by Crippen LogP contribution is 2.25. The zero-order valence-corrected chi connectivity index (χ0v) is 16.5. The number of rotatable bonds is 6. The molecule has 1 aliphatic heterocycles. The molecule has 0 saturated carbocycles. The van der Waals surface area contributed by atoms with Crippen molar-refractivity contribution < 1.29 is 4.74 Å². The van der Waals surface area contributed by atoms with E-state index < -0.39 is 0 Å². The molecule has 1 atom stereocenters. The van der Waals surface area contributed by atoms with E-state index in [9.17, 15) is 0 Å². The minimum absolute atomic E-state index is 0.167. The van der Waals surface area contributed by atoms with Gasteiger partial charge in [-0.05, 0) is 23.1 Å². The molecule has 0 unspecified atom stereocenters. The van der Waals surface area contributed by atoms with Crippen molar-refractivity contribution in [2.75, 3.05) is 25.4 Å². The van der Waals surface area contributed by atoms with Crippen molar-refractivity contribution in [2.24, 2.45) is 0 Å². The second-order valence-electron chi connectivity index (χ2n) is 6.07. The van der Waals surface area contributed by atoms with Crippen molar-refractivity contribution >= 4 is 34.7 Å². The van der Waals surface area contributed by atoms with Gasteiger partial charge in [-0.3, -0.25) is 10.00 Å². The molecule has 1 aliphatic rings. The number of nitrogens with one attached hydrogen (secondary N) is 1. The molecule has 0 radical (unpaired) electrons. The quantitative estimate of drug-likeness (QED) is 0.622. The Bertz CT molecular complexity index is 839. The highest BCUT2D eigenvalue weighted by molar-refractivity contribution is 7.99. The van der Waals surface area contributed by atoms with E-state index in [0.717, 1.165) is 58.4 Å². The van der Waals surface area contributed by atoms with Crippen molar-refractivity contribution in [3.8, 4) is 10.7 Å². The summed E-state index contributed by atoms with van der Waals surface area (Å²) in [5.41, 5.74) is 1.16. The first kappa shape index (κ1) is 18.0. The third kappa shape index (κ3) is 4.47. The lowest BCUT2D eigenvalue weighted by Gasteiger charge is -2.32. The Labute approximate surface area is 165 Å². The molecule has 1 aromatic carbocycles. The third-order valence-corrected chi connectivity index (χ3v) is 6.42. The fourth-order valence-electron chi connectivity index (χ4n) is 2.89. The number of nitrogens with zero attached hydrogens (tertiary/aromatic N) is 3. The topological polar surface area (TPSA) is 54.0 Å². The monoisotopic (exact) mass is 406 g/mol. The summed E-state index contributed by atoms with van der Waals surface area (Å²) in [4.78, 5) is 8.05. The zero-order chi connectivity index (χ0) is 17.8. The summed E-state index contributed by atoms with van der Waals surface area (Å²) in [6.45, 7) is 3.41. The van der Waals surface area contributed by atoms with Crippen LogP contribution < -0.4 is 0 Å². The number of benzene rings is 1. The minimum Gasteiger partial charge on any atom is -0.375 e. The Hall–Kier alpha value is -1.38. The highest BCUT2D eigenvalue weighted by atomic mass is 35.5. The smallest absolute Gasteiger partial charge is 0.208 e.